The Kier molecular flexibility index (Phi) is 3.30. The van der Waals surface area contributed by atoms with Gasteiger partial charge in [-0.2, -0.15) is 0 Å². The lowest BCUT2D eigenvalue weighted by Gasteiger charge is -1.99. The maximum atomic E-state index is 7.26. The second-order valence-corrected chi connectivity index (χ2v) is 3.34. The molecule has 1 nitrogen and oxygen atoms in total. The molecule has 0 aromatic heterocycles. The Hall–Kier alpha value is -0.820. The number of hydrogen-bond donors (Lipinski definition) is 1. The van der Waals surface area contributed by atoms with Gasteiger partial charge in [0.15, 0.2) is 0 Å². The molecule has 0 saturated carbocycles. The first-order chi connectivity index (χ1) is 5.68. The van der Waals surface area contributed by atoms with Gasteiger partial charge < -0.3 is 5.41 Å². The Labute approximate surface area is 77.9 Å². The highest BCUT2D eigenvalue weighted by atomic mass is 35.5. The highest BCUT2D eigenvalue weighted by Gasteiger charge is 1.93. The molecule has 0 saturated heterocycles. The average molecular weight is 182 g/mol. The summed E-state index contributed by atoms with van der Waals surface area (Å²) in [7, 11) is 0. The molecule has 0 spiro atoms. The Morgan fingerprint density at radius 2 is 1.92 bits per heavy atom. The summed E-state index contributed by atoms with van der Waals surface area (Å²) in [5.41, 5.74) is 1.97. The summed E-state index contributed by atoms with van der Waals surface area (Å²) in [6.07, 6.45) is 1.77. The Morgan fingerprint density at radius 1 is 1.33 bits per heavy atom. The highest BCUT2D eigenvalue weighted by Crippen LogP contribution is 2.10. The van der Waals surface area contributed by atoms with E-state index in [1.165, 1.54) is 5.56 Å². The Bertz CT molecular complexity index is 264. The van der Waals surface area contributed by atoms with Crippen molar-refractivity contribution < 1.29 is 0 Å². The molecule has 0 amide bonds. The van der Waals surface area contributed by atoms with E-state index in [-0.39, 0.29) is 0 Å². The molecule has 64 valence electrons. The van der Waals surface area contributed by atoms with Gasteiger partial charge in [0.2, 0.25) is 0 Å². The van der Waals surface area contributed by atoms with E-state index in [0.717, 1.165) is 23.6 Å². The fraction of sp³-hybridized carbons (Fsp3) is 0.300. The zero-order valence-electron chi connectivity index (χ0n) is 7.10. The van der Waals surface area contributed by atoms with Gasteiger partial charge in [-0.25, -0.2) is 0 Å². The maximum absolute atomic E-state index is 7.26. The molecule has 0 bridgehead atoms. The summed E-state index contributed by atoms with van der Waals surface area (Å²) >= 11 is 5.73. The minimum absolute atomic E-state index is 0.727. The van der Waals surface area contributed by atoms with Crippen LogP contribution in [0.25, 0.3) is 0 Å². The molecule has 0 aliphatic rings. The summed E-state index contributed by atoms with van der Waals surface area (Å²) in [6, 6.07) is 7.78. The van der Waals surface area contributed by atoms with Crippen molar-refractivity contribution in [3.05, 3.63) is 34.9 Å². The first-order valence-electron chi connectivity index (χ1n) is 3.97. The van der Waals surface area contributed by atoms with Crippen LogP contribution in [0.1, 0.15) is 18.9 Å². The maximum Gasteiger partial charge on any atom is 0.0406 e. The van der Waals surface area contributed by atoms with Gasteiger partial charge in [-0.3, -0.25) is 0 Å². The molecule has 0 aliphatic carbocycles. The van der Waals surface area contributed by atoms with E-state index in [9.17, 15) is 0 Å². The van der Waals surface area contributed by atoms with E-state index in [4.69, 9.17) is 17.0 Å². The normalized spacial score (nSPS) is 9.83. The van der Waals surface area contributed by atoms with Crippen LogP contribution in [-0.2, 0) is 6.42 Å². The lowest BCUT2D eigenvalue weighted by molar-refractivity contribution is 1.02. The van der Waals surface area contributed by atoms with Crippen LogP contribution >= 0.6 is 11.6 Å². The van der Waals surface area contributed by atoms with E-state index < -0.39 is 0 Å². The van der Waals surface area contributed by atoms with Gasteiger partial charge in [0.25, 0.3) is 0 Å². The fourth-order valence-corrected chi connectivity index (χ4v) is 1.11. The first kappa shape index (κ1) is 9.27. The van der Waals surface area contributed by atoms with Crippen molar-refractivity contribution in [2.75, 3.05) is 0 Å². The van der Waals surface area contributed by atoms with E-state index in [1.807, 2.05) is 31.2 Å². The second kappa shape index (κ2) is 4.27. The molecule has 0 aliphatic heterocycles. The molecule has 2 heteroatoms. The molecule has 0 heterocycles. The third-order valence-electron chi connectivity index (χ3n) is 1.70. The van der Waals surface area contributed by atoms with Gasteiger partial charge in [0.1, 0.15) is 0 Å². The topological polar surface area (TPSA) is 23.9 Å². The smallest absolute Gasteiger partial charge is 0.0406 e. The Balaban J connectivity index is 2.53. The molecule has 0 radical (unpaired) electrons. The Morgan fingerprint density at radius 3 is 2.42 bits per heavy atom. The number of rotatable bonds is 3. The van der Waals surface area contributed by atoms with Crippen LogP contribution in [-0.4, -0.2) is 5.71 Å². The molecule has 1 aromatic carbocycles. The van der Waals surface area contributed by atoms with Gasteiger partial charge in [0.05, 0.1) is 0 Å². The molecule has 1 N–H and O–H groups in total. The fourth-order valence-electron chi connectivity index (χ4n) is 0.983. The van der Waals surface area contributed by atoms with E-state index in [0.29, 0.717) is 0 Å². The van der Waals surface area contributed by atoms with Crippen LogP contribution in [0.3, 0.4) is 0 Å². The van der Waals surface area contributed by atoms with Crippen molar-refractivity contribution in [2.24, 2.45) is 0 Å². The van der Waals surface area contributed by atoms with Crippen molar-refractivity contribution >= 4 is 17.3 Å². The van der Waals surface area contributed by atoms with Crippen molar-refractivity contribution in [3.8, 4) is 0 Å². The molecule has 1 aromatic rings. The number of nitrogens with one attached hydrogen (secondary N) is 1. The van der Waals surface area contributed by atoms with Gasteiger partial charge >= 0.3 is 0 Å². The van der Waals surface area contributed by atoms with E-state index in [1.54, 1.807) is 0 Å². The molecule has 12 heavy (non-hydrogen) atoms. The second-order valence-electron chi connectivity index (χ2n) is 2.91. The first-order valence-corrected chi connectivity index (χ1v) is 4.35. The zero-order chi connectivity index (χ0) is 8.97. The summed E-state index contributed by atoms with van der Waals surface area (Å²) < 4.78 is 0. The van der Waals surface area contributed by atoms with Crippen molar-refractivity contribution in [3.63, 3.8) is 0 Å². The minimum atomic E-state index is 0.727. The molecule has 0 unspecified atom stereocenters. The standard InChI is InChI=1S/C10H12ClN/c1-8(12)2-3-9-4-6-10(11)7-5-9/h4-7,12H,2-3H2,1H3. The van der Waals surface area contributed by atoms with Gasteiger partial charge in [-0.15, -0.1) is 0 Å². The van der Waals surface area contributed by atoms with Crippen LogP contribution in [0.5, 0.6) is 0 Å². The predicted molar refractivity (Wildman–Crippen MR) is 53.2 cm³/mol. The number of halogens is 1. The zero-order valence-corrected chi connectivity index (χ0v) is 7.86. The lowest BCUT2D eigenvalue weighted by atomic mass is 10.1. The lowest BCUT2D eigenvalue weighted by Crippen LogP contribution is -1.92. The average Bonchev–Trinajstić information content (AvgIpc) is 2.03. The number of hydrogen-bond acceptors (Lipinski definition) is 1. The van der Waals surface area contributed by atoms with Crippen LogP contribution in [0.15, 0.2) is 24.3 Å². The monoisotopic (exact) mass is 181 g/mol. The largest absolute Gasteiger partial charge is 0.310 e. The van der Waals surface area contributed by atoms with Gasteiger partial charge in [0, 0.05) is 10.7 Å². The van der Waals surface area contributed by atoms with Crippen LogP contribution in [0.4, 0.5) is 0 Å². The molecular weight excluding hydrogens is 170 g/mol. The van der Waals surface area contributed by atoms with Crippen LogP contribution in [0.2, 0.25) is 5.02 Å². The van der Waals surface area contributed by atoms with Crippen LogP contribution in [0, 0.1) is 5.41 Å². The van der Waals surface area contributed by atoms with Crippen LogP contribution < -0.4 is 0 Å². The molecular formula is C10H12ClN. The van der Waals surface area contributed by atoms with E-state index in [2.05, 4.69) is 0 Å². The molecule has 0 fully saturated rings. The van der Waals surface area contributed by atoms with Crippen molar-refractivity contribution in [1.29, 1.82) is 5.41 Å². The number of benzene rings is 1. The predicted octanol–water partition coefficient (Wildman–Crippen LogP) is 3.31. The number of aryl methyl sites for hydroxylation is 1. The van der Waals surface area contributed by atoms with E-state index >= 15 is 0 Å². The quantitative estimate of drug-likeness (QED) is 0.692. The third-order valence-corrected chi connectivity index (χ3v) is 1.95. The van der Waals surface area contributed by atoms with Crippen molar-refractivity contribution in [1.82, 2.24) is 0 Å². The third kappa shape index (κ3) is 3.05. The van der Waals surface area contributed by atoms with Gasteiger partial charge in [-0.1, -0.05) is 23.7 Å². The minimum Gasteiger partial charge on any atom is -0.310 e. The molecule has 0 atom stereocenters. The van der Waals surface area contributed by atoms with Gasteiger partial charge in [-0.05, 0) is 37.5 Å². The highest BCUT2D eigenvalue weighted by molar-refractivity contribution is 6.30. The SMILES string of the molecule is CC(=N)CCc1ccc(Cl)cc1. The summed E-state index contributed by atoms with van der Waals surface area (Å²) in [5, 5.41) is 8.03. The molecule has 1 rings (SSSR count). The summed E-state index contributed by atoms with van der Waals surface area (Å²) in [5.74, 6) is 0. The van der Waals surface area contributed by atoms with Crippen molar-refractivity contribution in [2.45, 2.75) is 19.8 Å². The summed E-state index contributed by atoms with van der Waals surface area (Å²) in [6.45, 7) is 1.83. The summed E-state index contributed by atoms with van der Waals surface area (Å²) in [4.78, 5) is 0.